The van der Waals surface area contributed by atoms with E-state index in [4.69, 9.17) is 5.11 Å². The second-order valence-corrected chi connectivity index (χ2v) is 5.80. The van der Waals surface area contributed by atoms with E-state index in [-0.39, 0.29) is 11.7 Å². The van der Waals surface area contributed by atoms with Crippen molar-refractivity contribution in [1.82, 2.24) is 9.55 Å². The minimum Gasteiger partial charge on any atom is -0.481 e. The van der Waals surface area contributed by atoms with E-state index in [2.05, 4.69) is 4.98 Å². The summed E-state index contributed by atoms with van der Waals surface area (Å²) < 4.78 is 1.78. The molecule has 2 rings (SSSR count). The van der Waals surface area contributed by atoms with Crippen LogP contribution < -0.4 is 5.69 Å². The largest absolute Gasteiger partial charge is 0.481 e. The van der Waals surface area contributed by atoms with Crippen molar-refractivity contribution in [3.05, 3.63) is 27.4 Å². The van der Waals surface area contributed by atoms with Crippen LogP contribution in [0.3, 0.4) is 0 Å². The number of carboxylic acids is 1. The van der Waals surface area contributed by atoms with Crippen LogP contribution in [0, 0.1) is 19.8 Å². The summed E-state index contributed by atoms with van der Waals surface area (Å²) in [5, 5.41) is 9.07. The van der Waals surface area contributed by atoms with Crippen molar-refractivity contribution in [2.75, 3.05) is 0 Å². The van der Waals surface area contributed by atoms with Gasteiger partial charge in [0.05, 0.1) is 5.92 Å². The molecule has 1 saturated carbocycles. The molecule has 110 valence electrons. The topological polar surface area (TPSA) is 72.2 Å². The van der Waals surface area contributed by atoms with E-state index in [1.165, 1.54) is 0 Å². The van der Waals surface area contributed by atoms with E-state index < -0.39 is 11.9 Å². The number of aromatic nitrogens is 2. The second kappa shape index (κ2) is 5.77. The summed E-state index contributed by atoms with van der Waals surface area (Å²) in [6.45, 7) is 5.39. The second-order valence-electron chi connectivity index (χ2n) is 5.80. The number of carboxylic acid groups (broad SMARTS) is 1. The van der Waals surface area contributed by atoms with E-state index in [1.54, 1.807) is 18.4 Å². The van der Waals surface area contributed by atoms with Gasteiger partial charge in [-0.15, -0.1) is 0 Å². The fraction of sp³-hybridized carbons (Fsp3) is 0.667. The molecule has 5 nitrogen and oxygen atoms in total. The maximum Gasteiger partial charge on any atom is 0.348 e. The standard InChI is InChI=1S/C15H22N2O3/c1-9(14(18)19)8-13-10(2)16-15(20)17(11(13)3)12-6-4-5-7-12/h9,12H,4-8H2,1-3H3,(H,18,19). The molecule has 0 saturated heterocycles. The van der Waals surface area contributed by atoms with E-state index in [9.17, 15) is 9.59 Å². The number of carbonyl (C=O) groups is 1. The molecule has 0 amide bonds. The zero-order valence-electron chi connectivity index (χ0n) is 12.3. The lowest BCUT2D eigenvalue weighted by Crippen LogP contribution is -2.31. The molecule has 1 heterocycles. The third-order valence-electron chi connectivity index (χ3n) is 4.33. The van der Waals surface area contributed by atoms with Gasteiger partial charge in [0.25, 0.3) is 0 Å². The van der Waals surface area contributed by atoms with Gasteiger partial charge in [-0.05, 0) is 38.7 Å². The van der Waals surface area contributed by atoms with Gasteiger partial charge in [0.1, 0.15) is 0 Å². The molecule has 0 spiro atoms. The molecular formula is C15H22N2O3. The monoisotopic (exact) mass is 278 g/mol. The highest BCUT2D eigenvalue weighted by Gasteiger charge is 2.23. The van der Waals surface area contributed by atoms with Crippen LogP contribution in [0.4, 0.5) is 0 Å². The molecule has 20 heavy (non-hydrogen) atoms. The first kappa shape index (κ1) is 14.8. The number of nitrogens with zero attached hydrogens (tertiary/aromatic N) is 2. The summed E-state index contributed by atoms with van der Waals surface area (Å²) in [5.74, 6) is -1.29. The molecule has 1 aliphatic carbocycles. The van der Waals surface area contributed by atoms with Crippen molar-refractivity contribution in [1.29, 1.82) is 0 Å². The zero-order chi connectivity index (χ0) is 14.9. The van der Waals surface area contributed by atoms with E-state index in [1.807, 2.05) is 6.92 Å². The number of rotatable bonds is 4. The minimum atomic E-state index is -0.817. The van der Waals surface area contributed by atoms with Crippen molar-refractivity contribution in [2.24, 2.45) is 5.92 Å². The van der Waals surface area contributed by atoms with E-state index >= 15 is 0 Å². The molecular weight excluding hydrogens is 256 g/mol. The Hall–Kier alpha value is -1.65. The summed E-state index contributed by atoms with van der Waals surface area (Å²) in [7, 11) is 0. The summed E-state index contributed by atoms with van der Waals surface area (Å²) in [4.78, 5) is 27.3. The Morgan fingerprint density at radius 2 is 2.00 bits per heavy atom. The molecule has 0 bridgehead atoms. The molecule has 0 radical (unpaired) electrons. The predicted octanol–water partition coefficient (Wildman–Crippen LogP) is 2.24. The molecule has 0 aliphatic heterocycles. The molecule has 5 heteroatoms. The number of hydrogen-bond donors (Lipinski definition) is 1. The Morgan fingerprint density at radius 1 is 1.40 bits per heavy atom. The fourth-order valence-electron chi connectivity index (χ4n) is 3.10. The fourth-order valence-corrected chi connectivity index (χ4v) is 3.10. The van der Waals surface area contributed by atoms with Gasteiger partial charge < -0.3 is 5.11 Å². The Bertz CT molecular complexity index is 571. The lowest BCUT2D eigenvalue weighted by molar-refractivity contribution is -0.141. The predicted molar refractivity (Wildman–Crippen MR) is 76.0 cm³/mol. The average Bonchev–Trinajstić information content (AvgIpc) is 2.87. The smallest absolute Gasteiger partial charge is 0.348 e. The Balaban J connectivity index is 2.44. The van der Waals surface area contributed by atoms with E-state index in [0.29, 0.717) is 12.1 Å². The molecule has 1 N–H and O–H groups in total. The van der Waals surface area contributed by atoms with Gasteiger partial charge in [-0.2, -0.15) is 4.98 Å². The highest BCUT2D eigenvalue weighted by Crippen LogP contribution is 2.30. The highest BCUT2D eigenvalue weighted by atomic mass is 16.4. The van der Waals surface area contributed by atoms with Crippen LogP contribution in [0.5, 0.6) is 0 Å². The van der Waals surface area contributed by atoms with Gasteiger partial charge >= 0.3 is 11.7 Å². The van der Waals surface area contributed by atoms with Crippen LogP contribution in [0.2, 0.25) is 0 Å². The van der Waals surface area contributed by atoms with Crippen molar-refractivity contribution in [3.8, 4) is 0 Å². The SMILES string of the molecule is Cc1nc(=O)n(C2CCCC2)c(C)c1CC(C)C(=O)O. The summed E-state index contributed by atoms with van der Waals surface area (Å²) in [5.41, 5.74) is 2.27. The molecule has 1 aliphatic rings. The quantitative estimate of drug-likeness (QED) is 0.916. The minimum absolute atomic E-state index is 0.196. The zero-order valence-corrected chi connectivity index (χ0v) is 12.3. The van der Waals surface area contributed by atoms with Crippen LogP contribution in [-0.2, 0) is 11.2 Å². The Labute approximate surface area is 118 Å². The van der Waals surface area contributed by atoms with Gasteiger partial charge in [-0.25, -0.2) is 4.79 Å². The summed E-state index contributed by atoms with van der Waals surface area (Å²) >= 11 is 0. The molecule has 1 unspecified atom stereocenters. The van der Waals surface area contributed by atoms with Gasteiger partial charge in [0, 0.05) is 17.4 Å². The lowest BCUT2D eigenvalue weighted by Gasteiger charge is -2.21. The van der Waals surface area contributed by atoms with Crippen LogP contribution in [-0.4, -0.2) is 20.6 Å². The van der Waals surface area contributed by atoms with E-state index in [0.717, 1.165) is 36.9 Å². The Kier molecular flexibility index (Phi) is 4.26. The molecule has 1 atom stereocenters. The first-order chi connectivity index (χ1) is 9.41. The summed E-state index contributed by atoms with van der Waals surface area (Å²) in [6, 6.07) is 0.231. The van der Waals surface area contributed by atoms with Crippen LogP contribution in [0.25, 0.3) is 0 Å². The van der Waals surface area contributed by atoms with Crippen molar-refractivity contribution >= 4 is 5.97 Å². The van der Waals surface area contributed by atoms with Gasteiger partial charge in [0.15, 0.2) is 0 Å². The first-order valence-electron chi connectivity index (χ1n) is 7.23. The average molecular weight is 278 g/mol. The molecule has 0 aromatic carbocycles. The number of aliphatic carboxylic acids is 1. The molecule has 1 fully saturated rings. The van der Waals surface area contributed by atoms with Crippen molar-refractivity contribution in [2.45, 2.75) is 58.9 Å². The van der Waals surface area contributed by atoms with Crippen LogP contribution in [0.1, 0.15) is 55.6 Å². The highest BCUT2D eigenvalue weighted by molar-refractivity contribution is 5.70. The third-order valence-corrected chi connectivity index (χ3v) is 4.33. The molecule has 1 aromatic rings. The lowest BCUT2D eigenvalue weighted by atomic mass is 9.98. The van der Waals surface area contributed by atoms with Crippen LogP contribution >= 0.6 is 0 Å². The van der Waals surface area contributed by atoms with Crippen molar-refractivity contribution < 1.29 is 9.90 Å². The van der Waals surface area contributed by atoms with Crippen molar-refractivity contribution in [3.63, 3.8) is 0 Å². The number of hydrogen-bond acceptors (Lipinski definition) is 3. The maximum atomic E-state index is 12.2. The first-order valence-corrected chi connectivity index (χ1v) is 7.23. The third kappa shape index (κ3) is 2.76. The maximum absolute atomic E-state index is 12.2. The van der Waals surface area contributed by atoms with Gasteiger partial charge in [-0.3, -0.25) is 9.36 Å². The number of aryl methyl sites for hydroxylation is 1. The normalized spacial score (nSPS) is 17.4. The summed E-state index contributed by atoms with van der Waals surface area (Å²) in [6.07, 6.45) is 4.74. The molecule has 1 aromatic heterocycles. The van der Waals surface area contributed by atoms with Gasteiger partial charge in [0.2, 0.25) is 0 Å². The van der Waals surface area contributed by atoms with Crippen LogP contribution in [0.15, 0.2) is 4.79 Å². The Morgan fingerprint density at radius 3 is 2.55 bits per heavy atom. The van der Waals surface area contributed by atoms with Gasteiger partial charge in [-0.1, -0.05) is 19.8 Å².